The zero-order valence-electron chi connectivity index (χ0n) is 19.4. The van der Waals surface area contributed by atoms with Crippen molar-refractivity contribution >= 4 is 33.3 Å². The van der Waals surface area contributed by atoms with E-state index in [-0.39, 0.29) is 11.5 Å². The van der Waals surface area contributed by atoms with Crippen molar-refractivity contribution in [2.24, 2.45) is 0 Å². The number of para-hydroxylation sites is 1. The highest BCUT2D eigenvalue weighted by atomic mass is 32.2. The molecule has 0 saturated carbocycles. The molecule has 0 bridgehead atoms. The summed E-state index contributed by atoms with van der Waals surface area (Å²) in [6, 6.07) is 20.0. The molecule has 0 atom stereocenters. The van der Waals surface area contributed by atoms with Crippen LogP contribution in [0.4, 0.5) is 11.4 Å². The number of ether oxygens (including phenoxy) is 1. The molecule has 0 aliphatic heterocycles. The van der Waals surface area contributed by atoms with Crippen LogP contribution < -0.4 is 9.62 Å². The van der Waals surface area contributed by atoms with Crippen LogP contribution >= 0.6 is 0 Å². The fourth-order valence-electron chi connectivity index (χ4n) is 3.49. The van der Waals surface area contributed by atoms with Crippen LogP contribution in [-0.2, 0) is 26.0 Å². The van der Waals surface area contributed by atoms with Gasteiger partial charge in [0, 0.05) is 5.69 Å². The molecule has 3 aromatic rings. The summed E-state index contributed by atoms with van der Waals surface area (Å²) in [5.41, 5.74) is 2.69. The highest BCUT2D eigenvalue weighted by Crippen LogP contribution is 2.28. The van der Waals surface area contributed by atoms with Crippen LogP contribution in [0.1, 0.15) is 35.3 Å². The zero-order valence-corrected chi connectivity index (χ0v) is 20.3. The number of hydrogen-bond donors (Lipinski definition) is 1. The van der Waals surface area contributed by atoms with E-state index in [1.807, 2.05) is 19.1 Å². The monoisotopic (exact) mass is 480 g/mol. The number of esters is 1. The Hall–Kier alpha value is -3.65. The Morgan fingerprint density at radius 1 is 0.941 bits per heavy atom. The van der Waals surface area contributed by atoms with Crippen molar-refractivity contribution in [3.05, 3.63) is 89.5 Å². The number of nitrogens with zero attached hydrogens (tertiary/aromatic N) is 1. The van der Waals surface area contributed by atoms with E-state index < -0.39 is 28.4 Å². The van der Waals surface area contributed by atoms with Crippen molar-refractivity contribution < 1.29 is 22.7 Å². The fraction of sp³-hybridized carbons (Fsp3) is 0.231. The lowest BCUT2D eigenvalue weighted by Gasteiger charge is -2.26. The first-order valence-electron chi connectivity index (χ1n) is 11.0. The molecule has 0 fully saturated rings. The summed E-state index contributed by atoms with van der Waals surface area (Å²) in [7, 11) is -4.01. The SMILES string of the molecule is CCOC(=O)c1ccc(C)c(NC(=O)CN(c2ccccc2CC)S(=O)(=O)c2ccccc2)c1. The highest BCUT2D eigenvalue weighted by molar-refractivity contribution is 7.92. The minimum Gasteiger partial charge on any atom is -0.462 e. The van der Waals surface area contributed by atoms with Gasteiger partial charge in [0.15, 0.2) is 0 Å². The average molecular weight is 481 g/mol. The Bertz CT molecular complexity index is 1270. The van der Waals surface area contributed by atoms with Crippen molar-refractivity contribution in [2.45, 2.75) is 32.1 Å². The third-order valence-corrected chi connectivity index (χ3v) is 7.06. The summed E-state index contributed by atoms with van der Waals surface area (Å²) < 4.78 is 33.3. The van der Waals surface area contributed by atoms with E-state index in [2.05, 4.69) is 5.32 Å². The first-order valence-corrected chi connectivity index (χ1v) is 12.4. The number of carbonyl (C=O) groups is 2. The van der Waals surface area contributed by atoms with E-state index in [0.29, 0.717) is 23.4 Å². The van der Waals surface area contributed by atoms with Crippen molar-refractivity contribution in [1.82, 2.24) is 0 Å². The number of carbonyl (C=O) groups excluding carboxylic acids is 2. The lowest BCUT2D eigenvalue weighted by Crippen LogP contribution is -2.38. The van der Waals surface area contributed by atoms with Gasteiger partial charge in [0.25, 0.3) is 10.0 Å². The van der Waals surface area contributed by atoms with E-state index >= 15 is 0 Å². The molecule has 8 heteroatoms. The highest BCUT2D eigenvalue weighted by Gasteiger charge is 2.28. The summed E-state index contributed by atoms with van der Waals surface area (Å²) in [5.74, 6) is -1.03. The third kappa shape index (κ3) is 5.63. The van der Waals surface area contributed by atoms with E-state index in [4.69, 9.17) is 4.74 Å². The maximum absolute atomic E-state index is 13.6. The van der Waals surface area contributed by atoms with Crippen molar-refractivity contribution in [2.75, 3.05) is 22.8 Å². The predicted octanol–water partition coefficient (Wildman–Crippen LogP) is 4.57. The minimum absolute atomic E-state index is 0.0918. The molecule has 7 nitrogen and oxygen atoms in total. The first-order chi connectivity index (χ1) is 16.3. The molecule has 0 heterocycles. The normalized spacial score (nSPS) is 11.0. The molecule has 1 N–H and O–H groups in total. The minimum atomic E-state index is -4.01. The number of amides is 1. The molecular formula is C26H28N2O5S. The van der Waals surface area contributed by atoms with Crippen LogP contribution in [-0.4, -0.2) is 33.4 Å². The lowest BCUT2D eigenvalue weighted by molar-refractivity contribution is -0.114. The zero-order chi connectivity index (χ0) is 24.7. The second-order valence-electron chi connectivity index (χ2n) is 7.61. The molecule has 0 spiro atoms. The van der Waals surface area contributed by atoms with Gasteiger partial charge in [-0.15, -0.1) is 0 Å². The van der Waals surface area contributed by atoms with Crippen LogP contribution in [0.15, 0.2) is 77.7 Å². The molecule has 3 rings (SSSR count). The maximum atomic E-state index is 13.6. The third-order valence-electron chi connectivity index (χ3n) is 5.28. The molecular weight excluding hydrogens is 452 g/mol. The van der Waals surface area contributed by atoms with Gasteiger partial charge in [-0.05, 0) is 61.7 Å². The summed E-state index contributed by atoms with van der Waals surface area (Å²) in [6.45, 7) is 5.23. The standard InChI is InChI=1S/C26H28N2O5S/c1-4-20-11-9-10-14-24(20)28(34(31,32)22-12-7-6-8-13-22)18-25(29)27-23-17-21(16-15-19(23)3)26(30)33-5-2/h6-17H,4-5,18H2,1-3H3,(H,27,29). The van der Waals surface area contributed by atoms with Crippen molar-refractivity contribution in [1.29, 1.82) is 0 Å². The predicted molar refractivity (Wildman–Crippen MR) is 133 cm³/mol. The van der Waals surface area contributed by atoms with E-state index in [9.17, 15) is 18.0 Å². The summed E-state index contributed by atoms with van der Waals surface area (Å²) in [4.78, 5) is 25.3. The molecule has 0 unspecified atom stereocenters. The quantitative estimate of drug-likeness (QED) is 0.453. The Labute approximate surface area is 200 Å². The number of aryl methyl sites for hydroxylation is 2. The molecule has 0 aliphatic carbocycles. The van der Waals surface area contributed by atoms with Crippen LogP contribution in [0.25, 0.3) is 0 Å². The van der Waals surface area contributed by atoms with Gasteiger partial charge in [-0.1, -0.05) is 49.4 Å². The number of rotatable bonds is 9. The molecule has 178 valence electrons. The molecule has 0 aromatic heterocycles. The van der Waals surface area contributed by atoms with E-state index in [0.717, 1.165) is 15.4 Å². The Balaban J connectivity index is 1.96. The number of benzene rings is 3. The largest absolute Gasteiger partial charge is 0.462 e. The Morgan fingerprint density at radius 2 is 1.62 bits per heavy atom. The molecule has 0 aliphatic rings. The van der Waals surface area contributed by atoms with Crippen LogP contribution in [0.2, 0.25) is 0 Å². The smallest absolute Gasteiger partial charge is 0.338 e. The van der Waals surface area contributed by atoms with Gasteiger partial charge in [0.2, 0.25) is 5.91 Å². The van der Waals surface area contributed by atoms with Crippen LogP contribution in [0.5, 0.6) is 0 Å². The topological polar surface area (TPSA) is 92.8 Å². The fourth-order valence-corrected chi connectivity index (χ4v) is 4.97. The van der Waals surface area contributed by atoms with Gasteiger partial charge in [0.1, 0.15) is 6.54 Å². The van der Waals surface area contributed by atoms with Gasteiger partial charge in [0.05, 0.1) is 22.8 Å². The Morgan fingerprint density at radius 3 is 2.29 bits per heavy atom. The second-order valence-corrected chi connectivity index (χ2v) is 9.47. The van der Waals surface area contributed by atoms with Gasteiger partial charge in [-0.25, -0.2) is 13.2 Å². The summed E-state index contributed by atoms with van der Waals surface area (Å²) >= 11 is 0. The number of hydrogen-bond acceptors (Lipinski definition) is 5. The van der Waals surface area contributed by atoms with E-state index in [1.165, 1.54) is 18.2 Å². The number of anilines is 2. The van der Waals surface area contributed by atoms with Crippen LogP contribution in [0.3, 0.4) is 0 Å². The first kappa shape index (κ1) is 25.0. The van der Waals surface area contributed by atoms with Gasteiger partial charge < -0.3 is 10.1 Å². The van der Waals surface area contributed by atoms with Crippen molar-refractivity contribution in [3.63, 3.8) is 0 Å². The van der Waals surface area contributed by atoms with Gasteiger partial charge >= 0.3 is 5.97 Å². The molecule has 0 radical (unpaired) electrons. The maximum Gasteiger partial charge on any atom is 0.338 e. The lowest BCUT2D eigenvalue weighted by atomic mass is 10.1. The van der Waals surface area contributed by atoms with Gasteiger partial charge in [-0.2, -0.15) is 0 Å². The van der Waals surface area contributed by atoms with Crippen molar-refractivity contribution in [3.8, 4) is 0 Å². The molecule has 0 saturated heterocycles. The molecule has 34 heavy (non-hydrogen) atoms. The van der Waals surface area contributed by atoms with Crippen LogP contribution in [0, 0.1) is 6.92 Å². The summed E-state index contributed by atoms with van der Waals surface area (Å²) in [6.07, 6.45) is 0.597. The summed E-state index contributed by atoms with van der Waals surface area (Å²) in [5, 5.41) is 2.76. The number of nitrogens with one attached hydrogen (secondary N) is 1. The Kier molecular flexibility index (Phi) is 8.07. The number of sulfonamides is 1. The van der Waals surface area contributed by atoms with Gasteiger partial charge in [-0.3, -0.25) is 9.10 Å². The molecule has 1 amide bonds. The second kappa shape index (κ2) is 11.0. The average Bonchev–Trinajstić information content (AvgIpc) is 2.84. The van der Waals surface area contributed by atoms with E-state index in [1.54, 1.807) is 56.3 Å². The molecule has 3 aromatic carbocycles.